The Balaban J connectivity index is 1.95. The Hall–Kier alpha value is -2.52. The van der Waals surface area contributed by atoms with E-state index in [1.54, 1.807) is 24.3 Å². The lowest BCUT2D eigenvalue weighted by molar-refractivity contribution is -0.138. The smallest absolute Gasteiger partial charge is 0.363 e. The van der Waals surface area contributed by atoms with Crippen molar-refractivity contribution < 1.29 is 13.2 Å². The van der Waals surface area contributed by atoms with Crippen LogP contribution >= 0.6 is 0 Å². The molecule has 3 rings (SSSR count). The number of anilines is 1. The molecule has 1 fully saturated rings. The summed E-state index contributed by atoms with van der Waals surface area (Å²) < 4.78 is 40.1. The molecule has 0 spiro atoms. The van der Waals surface area contributed by atoms with E-state index in [0.717, 1.165) is 31.3 Å². The molecule has 0 saturated carbocycles. The molecule has 0 amide bonds. The molecule has 0 unspecified atom stereocenters. The second kappa shape index (κ2) is 7.38. The second-order valence-corrected chi connectivity index (χ2v) is 6.62. The van der Waals surface area contributed by atoms with Gasteiger partial charge in [0.25, 0.3) is 0 Å². The average molecular weight is 359 g/mol. The van der Waals surface area contributed by atoms with Gasteiger partial charge in [-0.3, -0.25) is 0 Å². The molecule has 3 nitrogen and oxygen atoms in total. The SMILES string of the molecule is [C-]#[N+]c1ccc(N(Cc2ccccc2C(F)(F)F)[C@H]2CCN(C)C2)cc1. The van der Waals surface area contributed by atoms with Crippen molar-refractivity contribution in [1.82, 2.24) is 4.90 Å². The minimum absolute atomic E-state index is 0.139. The van der Waals surface area contributed by atoms with E-state index in [1.807, 2.05) is 24.1 Å². The Morgan fingerprint density at radius 3 is 2.42 bits per heavy atom. The highest BCUT2D eigenvalue weighted by molar-refractivity contribution is 5.56. The van der Waals surface area contributed by atoms with E-state index in [0.29, 0.717) is 5.69 Å². The fourth-order valence-corrected chi connectivity index (χ4v) is 3.43. The second-order valence-electron chi connectivity index (χ2n) is 6.62. The number of alkyl halides is 3. The summed E-state index contributed by atoms with van der Waals surface area (Å²) in [6.45, 7) is 8.98. The van der Waals surface area contributed by atoms with Gasteiger partial charge in [-0.1, -0.05) is 30.3 Å². The Kier molecular flexibility index (Phi) is 5.19. The molecule has 1 saturated heterocycles. The van der Waals surface area contributed by atoms with Gasteiger partial charge in [0.1, 0.15) is 0 Å². The molecule has 1 heterocycles. The molecule has 1 atom stereocenters. The highest BCUT2D eigenvalue weighted by Gasteiger charge is 2.34. The van der Waals surface area contributed by atoms with Crippen LogP contribution in [0.1, 0.15) is 17.5 Å². The van der Waals surface area contributed by atoms with Crippen molar-refractivity contribution in [1.29, 1.82) is 0 Å². The quantitative estimate of drug-likeness (QED) is 0.714. The summed E-state index contributed by atoms with van der Waals surface area (Å²) in [5, 5.41) is 0. The number of nitrogens with zero attached hydrogens (tertiary/aromatic N) is 3. The van der Waals surface area contributed by atoms with E-state index in [2.05, 4.69) is 9.74 Å². The van der Waals surface area contributed by atoms with E-state index < -0.39 is 11.7 Å². The highest BCUT2D eigenvalue weighted by Crippen LogP contribution is 2.34. The summed E-state index contributed by atoms with van der Waals surface area (Å²) in [6, 6.07) is 13.0. The Morgan fingerprint density at radius 2 is 1.85 bits per heavy atom. The first kappa shape index (κ1) is 18.3. The summed E-state index contributed by atoms with van der Waals surface area (Å²) in [6.07, 6.45) is -3.47. The maximum absolute atomic E-state index is 13.4. The zero-order valence-corrected chi connectivity index (χ0v) is 14.5. The Labute approximate surface area is 151 Å². The van der Waals surface area contributed by atoms with Crippen molar-refractivity contribution in [2.45, 2.75) is 25.2 Å². The van der Waals surface area contributed by atoms with Crippen LogP contribution in [0, 0.1) is 6.57 Å². The predicted octanol–water partition coefficient (Wildman–Crippen LogP) is 4.97. The van der Waals surface area contributed by atoms with Crippen LogP contribution in [0.5, 0.6) is 0 Å². The zero-order valence-electron chi connectivity index (χ0n) is 14.5. The van der Waals surface area contributed by atoms with Crippen LogP contribution in [0.4, 0.5) is 24.5 Å². The normalized spacial score (nSPS) is 17.9. The van der Waals surface area contributed by atoms with Crippen LogP contribution in [-0.2, 0) is 12.7 Å². The van der Waals surface area contributed by atoms with Gasteiger partial charge in [0.15, 0.2) is 5.69 Å². The first-order chi connectivity index (χ1) is 12.4. The number of halogens is 3. The van der Waals surface area contributed by atoms with Crippen molar-refractivity contribution in [2.75, 3.05) is 25.0 Å². The summed E-state index contributed by atoms with van der Waals surface area (Å²) >= 11 is 0. The largest absolute Gasteiger partial charge is 0.416 e. The number of likely N-dealkylation sites (tertiary alicyclic amines) is 1. The number of benzene rings is 2. The lowest BCUT2D eigenvalue weighted by Crippen LogP contribution is -2.37. The minimum atomic E-state index is -4.37. The molecule has 1 aliphatic heterocycles. The monoisotopic (exact) mass is 359 g/mol. The first-order valence-electron chi connectivity index (χ1n) is 8.46. The molecule has 0 N–H and O–H groups in total. The minimum Gasteiger partial charge on any atom is -0.363 e. The molecule has 0 aliphatic carbocycles. The van der Waals surface area contributed by atoms with Crippen LogP contribution in [-0.4, -0.2) is 31.1 Å². The summed E-state index contributed by atoms with van der Waals surface area (Å²) in [5.41, 5.74) is 1.04. The Morgan fingerprint density at radius 1 is 1.15 bits per heavy atom. The van der Waals surface area contributed by atoms with Crippen molar-refractivity contribution in [3.8, 4) is 0 Å². The summed E-state index contributed by atoms with van der Waals surface area (Å²) in [5.74, 6) is 0. The molecule has 2 aromatic rings. The van der Waals surface area contributed by atoms with Crippen LogP contribution < -0.4 is 4.90 Å². The van der Waals surface area contributed by atoms with Crippen molar-refractivity contribution in [3.05, 3.63) is 71.1 Å². The van der Waals surface area contributed by atoms with Gasteiger partial charge in [0, 0.05) is 24.8 Å². The van der Waals surface area contributed by atoms with Crippen LogP contribution in [0.25, 0.3) is 4.85 Å². The van der Waals surface area contributed by atoms with Gasteiger partial charge in [0.05, 0.1) is 12.1 Å². The van der Waals surface area contributed by atoms with Crippen molar-refractivity contribution in [3.63, 3.8) is 0 Å². The highest BCUT2D eigenvalue weighted by atomic mass is 19.4. The van der Waals surface area contributed by atoms with Crippen molar-refractivity contribution in [2.24, 2.45) is 0 Å². The molecule has 6 heteroatoms. The third-order valence-corrected chi connectivity index (χ3v) is 4.78. The topological polar surface area (TPSA) is 10.8 Å². The van der Waals surface area contributed by atoms with E-state index >= 15 is 0 Å². The molecule has 0 radical (unpaired) electrons. The van der Waals surface area contributed by atoms with Gasteiger partial charge in [-0.25, -0.2) is 4.85 Å². The lowest BCUT2D eigenvalue weighted by atomic mass is 10.0. The van der Waals surface area contributed by atoms with Gasteiger partial charge in [-0.05, 0) is 43.8 Å². The average Bonchev–Trinajstić information content (AvgIpc) is 3.05. The van der Waals surface area contributed by atoms with Gasteiger partial charge >= 0.3 is 6.18 Å². The van der Waals surface area contributed by atoms with E-state index in [-0.39, 0.29) is 18.2 Å². The van der Waals surface area contributed by atoms with Gasteiger partial charge in [-0.2, -0.15) is 13.2 Å². The van der Waals surface area contributed by atoms with Gasteiger partial charge in [0.2, 0.25) is 0 Å². The van der Waals surface area contributed by atoms with Crippen LogP contribution in [0.2, 0.25) is 0 Å². The van der Waals surface area contributed by atoms with Gasteiger partial charge < -0.3 is 9.80 Å². The molecule has 136 valence electrons. The van der Waals surface area contributed by atoms with E-state index in [9.17, 15) is 13.2 Å². The van der Waals surface area contributed by atoms with Crippen LogP contribution in [0.3, 0.4) is 0 Å². The molecular formula is C20H20F3N3. The molecular weight excluding hydrogens is 339 g/mol. The molecule has 1 aliphatic rings. The fourth-order valence-electron chi connectivity index (χ4n) is 3.43. The van der Waals surface area contributed by atoms with Crippen molar-refractivity contribution >= 4 is 11.4 Å². The summed E-state index contributed by atoms with van der Waals surface area (Å²) in [7, 11) is 2.02. The van der Waals surface area contributed by atoms with Crippen LogP contribution in [0.15, 0.2) is 48.5 Å². The maximum Gasteiger partial charge on any atom is 0.416 e. The van der Waals surface area contributed by atoms with Gasteiger partial charge in [-0.15, -0.1) is 0 Å². The third-order valence-electron chi connectivity index (χ3n) is 4.78. The molecule has 0 aromatic heterocycles. The number of likely N-dealkylation sites (N-methyl/N-ethyl adjacent to an activating group) is 1. The standard InChI is InChI=1S/C20H20F3N3/c1-24-16-7-9-17(10-8-16)26(18-11-12-25(2)14-18)13-15-5-3-4-6-19(15)20(21,22)23/h3-10,18H,11-14H2,2H3/t18-/m0/s1. The fraction of sp³-hybridized carbons (Fsp3) is 0.350. The molecule has 0 bridgehead atoms. The first-order valence-corrected chi connectivity index (χ1v) is 8.46. The van der Waals surface area contributed by atoms with E-state index in [1.165, 1.54) is 6.07 Å². The predicted molar refractivity (Wildman–Crippen MR) is 96.2 cm³/mol. The Bertz CT molecular complexity index is 793. The molecule has 2 aromatic carbocycles. The lowest BCUT2D eigenvalue weighted by Gasteiger charge is -2.32. The maximum atomic E-state index is 13.4. The van der Waals surface area contributed by atoms with E-state index in [4.69, 9.17) is 6.57 Å². The number of hydrogen-bond acceptors (Lipinski definition) is 2. The number of rotatable bonds is 4. The number of hydrogen-bond donors (Lipinski definition) is 0. The summed E-state index contributed by atoms with van der Waals surface area (Å²) in [4.78, 5) is 7.60. The third kappa shape index (κ3) is 4.00. The molecule has 26 heavy (non-hydrogen) atoms. The zero-order chi connectivity index (χ0) is 18.7.